The molecule has 3 fully saturated rings. The lowest BCUT2D eigenvalue weighted by Gasteiger charge is -2.71. The van der Waals surface area contributed by atoms with Crippen LogP contribution in [-0.2, 0) is 15.8 Å². The highest BCUT2D eigenvalue weighted by atomic mass is 16.5. The van der Waals surface area contributed by atoms with Gasteiger partial charge in [0.05, 0.1) is 22.9 Å². The number of rotatable bonds is 8. The zero-order valence-corrected chi connectivity index (χ0v) is 31.6. The second kappa shape index (κ2) is 12.4. The zero-order valence-electron chi connectivity index (χ0n) is 31.6. The van der Waals surface area contributed by atoms with E-state index < -0.39 is 22.9 Å². The van der Waals surface area contributed by atoms with Crippen molar-refractivity contribution in [2.45, 2.75) is 104 Å². The van der Waals surface area contributed by atoms with Crippen LogP contribution in [0.1, 0.15) is 102 Å². The fraction of sp³-hybridized carbons (Fsp3) is 0.545. The molecule has 2 spiro atoms. The van der Waals surface area contributed by atoms with Crippen molar-refractivity contribution in [2.24, 2.45) is 51.4 Å². The molecule has 3 heterocycles. The summed E-state index contributed by atoms with van der Waals surface area (Å²) in [5, 5.41) is 4.58. The molecule has 274 valence electrons. The van der Waals surface area contributed by atoms with Crippen LogP contribution >= 0.6 is 0 Å². The van der Waals surface area contributed by atoms with Gasteiger partial charge < -0.3 is 4.74 Å². The van der Waals surface area contributed by atoms with Crippen LogP contribution in [0.2, 0.25) is 0 Å². The maximum atomic E-state index is 14.9. The van der Waals surface area contributed by atoms with E-state index in [1.807, 2.05) is 53.2 Å². The van der Waals surface area contributed by atoms with E-state index in [0.717, 1.165) is 42.3 Å². The van der Waals surface area contributed by atoms with Crippen molar-refractivity contribution in [2.75, 3.05) is 0 Å². The molecule has 8 nitrogen and oxygen atoms in total. The molecule has 0 radical (unpaired) electrons. The van der Waals surface area contributed by atoms with E-state index in [0.29, 0.717) is 42.1 Å². The minimum atomic E-state index is -0.849. The fourth-order valence-corrected chi connectivity index (χ4v) is 11.9. The van der Waals surface area contributed by atoms with Crippen molar-refractivity contribution in [1.29, 1.82) is 0 Å². The molecule has 1 aromatic heterocycles. The van der Waals surface area contributed by atoms with Gasteiger partial charge in [-0.05, 0) is 97.1 Å². The van der Waals surface area contributed by atoms with Crippen LogP contribution in [0, 0.1) is 46.3 Å². The number of carbonyl (C=O) groups is 1. The van der Waals surface area contributed by atoms with Crippen molar-refractivity contribution in [1.82, 2.24) is 14.0 Å². The number of benzene rings is 2. The third kappa shape index (κ3) is 4.84. The Hall–Kier alpha value is -4.20. The fourth-order valence-electron chi connectivity index (χ4n) is 11.9. The van der Waals surface area contributed by atoms with Gasteiger partial charge in [0.1, 0.15) is 6.10 Å². The van der Waals surface area contributed by atoms with E-state index in [1.165, 1.54) is 0 Å². The van der Waals surface area contributed by atoms with Crippen LogP contribution in [0.3, 0.4) is 0 Å². The normalized spacial score (nSPS) is 35.7. The Balaban J connectivity index is 1.26. The smallest absolute Gasteiger partial charge is 0.369 e. The Kier molecular flexibility index (Phi) is 8.35. The Morgan fingerprint density at radius 1 is 0.827 bits per heavy atom. The quantitative estimate of drug-likeness (QED) is 0.135. The summed E-state index contributed by atoms with van der Waals surface area (Å²) in [6.45, 7) is 14.1. The molecule has 2 aromatic carbocycles. The standard InChI is InChI=1S/C44H54N4O4/c1-29(2)30(3)17-18-31(4)35-19-20-36-41(35,5)23-22-37-42(6)24-21-34(52-38(49)33-15-11-8-12-16-33)27-43(42)25-26-44(36,37)48-40(51)46(39(50)47(43)48)45-28-32-13-9-7-10-14-32/h7-18,25-26,28-31,34-37H,19-24,27H2,1-6H3/b18-17?,45-28+/t30-,31+,34-,35+,36+,37+,41+,42+,43+,44-/m0/s1. The third-order valence-electron chi connectivity index (χ3n) is 14.9. The van der Waals surface area contributed by atoms with Gasteiger partial charge in [0.25, 0.3) is 0 Å². The molecular formula is C44H54N4O4. The highest BCUT2D eigenvalue weighted by Crippen LogP contribution is 2.74. The molecule has 9 rings (SSSR count). The van der Waals surface area contributed by atoms with Crippen LogP contribution in [0.15, 0.2) is 99.7 Å². The molecule has 0 N–H and O–H groups in total. The predicted molar refractivity (Wildman–Crippen MR) is 204 cm³/mol. The van der Waals surface area contributed by atoms with Crippen molar-refractivity contribution >= 4 is 12.2 Å². The summed E-state index contributed by atoms with van der Waals surface area (Å²) in [5.41, 5.74) is -1.36. The summed E-state index contributed by atoms with van der Waals surface area (Å²) in [6, 6.07) is 18.7. The monoisotopic (exact) mass is 702 g/mol. The van der Waals surface area contributed by atoms with Crippen molar-refractivity contribution in [3.63, 3.8) is 0 Å². The Bertz CT molecular complexity index is 2060. The minimum Gasteiger partial charge on any atom is -0.459 e. The second-order valence-electron chi connectivity index (χ2n) is 17.5. The molecule has 3 saturated carbocycles. The summed E-state index contributed by atoms with van der Waals surface area (Å²) in [6.07, 6.45) is 16.7. The van der Waals surface area contributed by atoms with Crippen LogP contribution in [-0.4, -0.2) is 32.3 Å². The van der Waals surface area contributed by atoms with Crippen molar-refractivity contribution in [3.8, 4) is 0 Å². The van der Waals surface area contributed by atoms with Crippen LogP contribution < -0.4 is 11.4 Å². The predicted octanol–water partition coefficient (Wildman–Crippen LogP) is 8.01. The van der Waals surface area contributed by atoms with Gasteiger partial charge in [-0.3, -0.25) is 0 Å². The van der Waals surface area contributed by atoms with Gasteiger partial charge in [-0.25, -0.2) is 23.7 Å². The van der Waals surface area contributed by atoms with E-state index in [9.17, 15) is 14.4 Å². The highest BCUT2D eigenvalue weighted by Gasteiger charge is 2.75. The average Bonchev–Trinajstić information content (AvgIpc) is 3.64. The number of fused-ring (bicyclic) bond motifs is 1. The Morgan fingerprint density at radius 2 is 1.52 bits per heavy atom. The first-order valence-electron chi connectivity index (χ1n) is 19.6. The first-order valence-corrected chi connectivity index (χ1v) is 19.6. The molecule has 4 aliphatic carbocycles. The van der Waals surface area contributed by atoms with E-state index in [4.69, 9.17) is 4.74 Å². The van der Waals surface area contributed by atoms with Crippen LogP contribution in [0.4, 0.5) is 0 Å². The summed E-state index contributed by atoms with van der Waals surface area (Å²) in [7, 11) is 0. The molecule has 0 unspecified atom stereocenters. The number of allylic oxidation sites excluding steroid dienone is 4. The van der Waals surface area contributed by atoms with E-state index >= 15 is 0 Å². The largest absolute Gasteiger partial charge is 0.459 e. The topological polar surface area (TPSA) is 87.6 Å². The van der Waals surface area contributed by atoms with E-state index in [2.05, 4.69) is 70.9 Å². The summed E-state index contributed by atoms with van der Waals surface area (Å²) >= 11 is 0. The lowest BCUT2D eigenvalue weighted by atomic mass is 9.40. The molecule has 0 amide bonds. The molecule has 6 aliphatic rings. The average molecular weight is 703 g/mol. The van der Waals surface area contributed by atoms with Gasteiger partial charge in [-0.1, -0.05) is 114 Å². The SMILES string of the molecule is CC(C)[C@@H](C)C=C[C@@H](C)[C@H]1CC[C@@H]2[C@]1(C)CC[C@H]1[C@]23C=C[C@]2(C[C@@H](OC(=O)c4ccccc4)CC[C@]12C)n1c(=O)n(/N=C/c2ccccc2)c(=O)n13. The molecular weight excluding hydrogens is 649 g/mol. The minimum absolute atomic E-state index is 0.0164. The highest BCUT2D eigenvalue weighted by molar-refractivity contribution is 5.89. The molecule has 3 aromatic rings. The lowest BCUT2D eigenvalue weighted by molar-refractivity contribution is -0.199. The second-order valence-corrected chi connectivity index (χ2v) is 17.5. The number of nitrogens with zero attached hydrogens (tertiary/aromatic N) is 4. The van der Waals surface area contributed by atoms with Gasteiger partial charge in [0, 0.05) is 11.8 Å². The number of hydrogen-bond donors (Lipinski definition) is 0. The zero-order chi connectivity index (χ0) is 36.6. The van der Waals surface area contributed by atoms with E-state index in [-0.39, 0.29) is 34.3 Å². The number of hydrogen-bond acceptors (Lipinski definition) is 5. The summed E-state index contributed by atoms with van der Waals surface area (Å²) < 4.78 is 10.9. The van der Waals surface area contributed by atoms with Crippen LogP contribution in [0.5, 0.6) is 0 Å². The number of esters is 1. The molecule has 2 aliphatic heterocycles. The van der Waals surface area contributed by atoms with Gasteiger partial charge in [0.2, 0.25) is 0 Å². The molecule has 2 bridgehead atoms. The number of aromatic nitrogens is 3. The lowest BCUT2D eigenvalue weighted by Crippen LogP contribution is -2.76. The number of carbonyl (C=O) groups excluding carboxylic acids is 1. The summed E-state index contributed by atoms with van der Waals surface area (Å²) in [4.78, 5) is 43.1. The van der Waals surface area contributed by atoms with Gasteiger partial charge in [0.15, 0.2) is 0 Å². The molecule has 8 heteroatoms. The molecule has 0 saturated heterocycles. The van der Waals surface area contributed by atoms with E-state index in [1.54, 1.807) is 23.0 Å². The Labute approximate surface area is 307 Å². The van der Waals surface area contributed by atoms with Gasteiger partial charge >= 0.3 is 17.3 Å². The third-order valence-corrected chi connectivity index (χ3v) is 14.9. The van der Waals surface area contributed by atoms with Crippen molar-refractivity contribution < 1.29 is 9.53 Å². The Morgan fingerprint density at radius 3 is 2.23 bits per heavy atom. The number of ether oxygens (including phenoxy) is 1. The first kappa shape index (κ1) is 34.9. The molecule has 52 heavy (non-hydrogen) atoms. The first-order chi connectivity index (χ1) is 24.9. The maximum absolute atomic E-state index is 14.9. The molecule has 10 atom stereocenters. The summed E-state index contributed by atoms with van der Waals surface area (Å²) in [5.74, 6) is 1.95. The maximum Gasteiger partial charge on any atom is 0.369 e. The van der Waals surface area contributed by atoms with Crippen molar-refractivity contribution in [3.05, 3.63) is 117 Å². The van der Waals surface area contributed by atoms with Gasteiger partial charge in [-0.15, -0.1) is 4.68 Å². The van der Waals surface area contributed by atoms with Gasteiger partial charge in [-0.2, -0.15) is 5.10 Å². The van der Waals surface area contributed by atoms with Crippen LogP contribution in [0.25, 0.3) is 0 Å².